The Morgan fingerprint density at radius 1 is 0.0455 bits per heavy atom. The molecular weight excluding hydrogens is 7920 g/mol. The van der Waals surface area contributed by atoms with Crippen LogP contribution in [0.5, 0.6) is 0 Å². The summed E-state index contributed by atoms with van der Waals surface area (Å²) in [6.45, 7) is 0. The zero-order chi connectivity index (χ0) is 0. The van der Waals surface area contributed by atoms with Crippen LogP contribution < -0.4 is 0 Å². The summed E-state index contributed by atoms with van der Waals surface area (Å²) < 4.78 is 0. The number of hydrogen-bond donors (Lipinski definition) is 0. The third kappa shape index (κ3) is 407. The Morgan fingerprint density at radius 3 is 0.0455 bits per heavy atom. The van der Waals surface area contributed by atoms with E-state index in [0.717, 1.165) is 0 Å². The standard InChI is InChI=1S/CH3.43W/h1H3;;;;;;;;;;;;;;;;;;;;;;;;;;;;;;;;;;;;;;;;;;;/q-1;;;;;;;;;;;;;;;;;;;;;;;;;;;;;;;;;;;;;;;;;;;. The zero-order valence-corrected chi connectivity index (χ0v) is 145. The second kappa shape index (κ2) is 425. The van der Waals surface area contributed by atoms with Crippen LogP contribution in [0.15, 0.2) is 0 Å². The molecule has 0 aromatic rings. The molecule has 0 amide bonds. The molecule has 0 radical (unpaired) electrons. The van der Waals surface area contributed by atoms with E-state index in [4.69, 9.17) is 0 Å². The van der Waals surface area contributed by atoms with E-state index in [0.29, 0.717) is 0 Å². The van der Waals surface area contributed by atoms with Crippen molar-refractivity contribution >= 4 is 0 Å². The molecule has 0 nitrogen and oxygen atoms in total. The van der Waals surface area contributed by atoms with Gasteiger partial charge < -0.3 is 7.43 Å². The van der Waals surface area contributed by atoms with Crippen LogP contribution in [0.2, 0.25) is 0 Å². The first-order chi connectivity index (χ1) is 0. The van der Waals surface area contributed by atoms with Gasteiger partial charge >= 0.3 is 0 Å². The first kappa shape index (κ1) is 443. The van der Waals surface area contributed by atoms with Gasteiger partial charge in [-0.15, -0.1) is 0 Å². The van der Waals surface area contributed by atoms with E-state index in [1.807, 2.05) is 0 Å². The monoisotopic (exact) mass is 7920 g/mol. The summed E-state index contributed by atoms with van der Waals surface area (Å²) in [4.78, 5) is 0. The molecule has 0 aliphatic carbocycles. The van der Waals surface area contributed by atoms with Crippen molar-refractivity contribution in [2.24, 2.45) is 0 Å². The molecule has 0 bridgehead atoms. The molecule has 0 saturated carbocycles. The van der Waals surface area contributed by atoms with Crippen LogP contribution in [0.1, 0.15) is 0 Å². The largest absolute Gasteiger partial charge is 0.358 e. The predicted octanol–water partition coefficient (Wildman–Crippen LogP) is 0.343. The summed E-state index contributed by atoms with van der Waals surface area (Å²) in [6, 6.07) is 0. The number of hydrogen-bond acceptors (Lipinski definition) is 0. The molecule has 0 aromatic heterocycles. The number of rotatable bonds is 0. The average Bonchev–Trinajstić information content (AvgIpc) is 0. The van der Waals surface area contributed by atoms with Gasteiger partial charge in [-0.25, -0.2) is 0 Å². The van der Waals surface area contributed by atoms with E-state index in [-0.39, 0.29) is 913 Å². The van der Waals surface area contributed by atoms with Gasteiger partial charge in [-0.05, 0) is 0 Å². The van der Waals surface area contributed by atoms with Crippen LogP contribution in [-0.4, -0.2) is 0 Å². The molecule has 0 aliphatic heterocycles. The SMILES string of the molecule is [CH3-].[W].[W].[W].[W].[W].[W].[W].[W].[W].[W].[W].[W].[W].[W].[W].[W].[W].[W].[W].[W].[W].[W].[W].[W].[W].[W].[W].[W].[W].[W].[W].[W].[W].[W].[W].[W].[W].[W].[W].[W].[W].[W].[W]. The van der Waals surface area contributed by atoms with E-state index in [2.05, 4.69) is 0 Å². The van der Waals surface area contributed by atoms with E-state index in [1.165, 1.54) is 0 Å². The van der Waals surface area contributed by atoms with Crippen LogP contribution in [0, 0.1) is 7.43 Å². The smallest absolute Gasteiger partial charge is 0 e. The molecule has 0 unspecified atom stereocenters. The topological polar surface area (TPSA) is 0 Å². The molecule has 44 heavy (non-hydrogen) atoms. The summed E-state index contributed by atoms with van der Waals surface area (Å²) in [5.41, 5.74) is 0. The molecule has 0 heterocycles. The van der Waals surface area contributed by atoms with Crippen molar-refractivity contribution in [3.63, 3.8) is 0 Å². The first-order valence-corrected chi connectivity index (χ1v) is 0. The molecule has 0 N–H and O–H groups in total. The molecule has 266 valence electrons. The zero-order valence-electron chi connectivity index (χ0n) is 18.6. The Kier molecular flexibility index (Phi) is 4280. The summed E-state index contributed by atoms with van der Waals surface area (Å²) in [6.07, 6.45) is 0. The van der Waals surface area contributed by atoms with Gasteiger partial charge in [0.05, 0.1) is 0 Å². The fourth-order valence-corrected chi connectivity index (χ4v) is 0. The van der Waals surface area contributed by atoms with Crippen LogP contribution >= 0.6 is 0 Å². The summed E-state index contributed by atoms with van der Waals surface area (Å²) >= 11 is 0. The Hall–Kier alpha value is 29.6. The molecule has 0 rings (SSSR count). The molecule has 0 atom stereocenters. The molecule has 0 saturated heterocycles. The Balaban J connectivity index is 0. The second-order valence-electron chi connectivity index (χ2n) is 0. The van der Waals surface area contributed by atoms with Crippen LogP contribution in [0.4, 0.5) is 0 Å². The van der Waals surface area contributed by atoms with Gasteiger partial charge in [0.25, 0.3) is 0 Å². The molecule has 0 spiro atoms. The fraction of sp³-hybridized carbons (Fsp3) is 0. The second-order valence-corrected chi connectivity index (χ2v) is 0. The molecule has 0 aromatic carbocycles. The van der Waals surface area contributed by atoms with Crippen molar-refractivity contribution in [1.82, 2.24) is 0 Å². The van der Waals surface area contributed by atoms with Crippen LogP contribution in [0.25, 0.3) is 0 Å². The van der Waals surface area contributed by atoms with Gasteiger partial charge in [0.1, 0.15) is 0 Å². The molecule has 0 fully saturated rings. The quantitative estimate of drug-likeness (QED) is 0.308. The normalized spacial score (nSPS) is 0. The molecule has 0 aliphatic rings. The first-order valence-electron chi connectivity index (χ1n) is 0. The van der Waals surface area contributed by atoms with E-state index < -0.39 is 0 Å². The van der Waals surface area contributed by atoms with Crippen molar-refractivity contribution in [2.75, 3.05) is 0 Å². The van der Waals surface area contributed by atoms with Crippen molar-refractivity contribution in [3.8, 4) is 0 Å². The predicted molar refractivity (Wildman–Crippen MR) is 6.41 cm³/mol. The van der Waals surface area contributed by atoms with Crippen LogP contribution in [-0.2, 0) is 906 Å². The Morgan fingerprint density at radius 2 is 0.0455 bits per heavy atom. The van der Waals surface area contributed by atoms with Crippen molar-refractivity contribution in [3.05, 3.63) is 7.43 Å². The van der Waals surface area contributed by atoms with E-state index >= 15 is 0 Å². The average molecular weight is 7920 g/mol. The third-order valence-corrected chi connectivity index (χ3v) is 0. The minimum absolute atomic E-state index is 0. The maximum Gasteiger partial charge on any atom is 0 e. The third-order valence-electron chi connectivity index (χ3n) is 0. The van der Waals surface area contributed by atoms with Gasteiger partial charge in [-0.3, -0.25) is 0 Å². The maximum absolute atomic E-state index is 0. The summed E-state index contributed by atoms with van der Waals surface area (Å²) in [7, 11) is 0. The van der Waals surface area contributed by atoms with Gasteiger partial charge in [-0.1, -0.05) is 0 Å². The minimum Gasteiger partial charge on any atom is -0.358 e. The van der Waals surface area contributed by atoms with Gasteiger partial charge in [0.15, 0.2) is 0 Å². The van der Waals surface area contributed by atoms with E-state index in [9.17, 15) is 0 Å². The Labute approximate surface area is 885 Å². The van der Waals surface area contributed by atoms with Gasteiger partial charge in [0, 0.05) is 906 Å². The minimum atomic E-state index is 0. The van der Waals surface area contributed by atoms with Crippen LogP contribution in [0.3, 0.4) is 0 Å². The molecular formula is CH3W43-. The van der Waals surface area contributed by atoms with Crippen molar-refractivity contribution < 1.29 is 906 Å². The van der Waals surface area contributed by atoms with Gasteiger partial charge in [0.2, 0.25) is 0 Å². The van der Waals surface area contributed by atoms with Crippen molar-refractivity contribution in [1.29, 1.82) is 0 Å². The fourth-order valence-electron chi connectivity index (χ4n) is 0. The van der Waals surface area contributed by atoms with Crippen molar-refractivity contribution in [2.45, 2.75) is 0 Å². The maximum atomic E-state index is 0. The molecule has 43 heteroatoms. The Bertz CT molecular complexity index is 6.89. The summed E-state index contributed by atoms with van der Waals surface area (Å²) in [5.74, 6) is 0. The van der Waals surface area contributed by atoms with E-state index in [1.54, 1.807) is 0 Å². The van der Waals surface area contributed by atoms with Gasteiger partial charge in [-0.2, -0.15) is 0 Å². The summed E-state index contributed by atoms with van der Waals surface area (Å²) in [5, 5.41) is 0.